The van der Waals surface area contributed by atoms with Gasteiger partial charge in [0.05, 0.1) is 35.9 Å². The first-order valence-electron chi connectivity index (χ1n) is 19.0. The minimum Gasteiger partial charge on any atom is -0.369 e. The number of ether oxygens (including phenoxy) is 1. The molecule has 0 bridgehead atoms. The van der Waals surface area contributed by atoms with E-state index in [9.17, 15) is 22.8 Å². The summed E-state index contributed by atoms with van der Waals surface area (Å²) >= 11 is 0. The van der Waals surface area contributed by atoms with E-state index in [2.05, 4.69) is 20.4 Å². The highest BCUT2D eigenvalue weighted by atomic mass is 32.2. The van der Waals surface area contributed by atoms with E-state index in [0.717, 1.165) is 64.6 Å². The number of fused-ring (bicyclic) bond motifs is 5. The van der Waals surface area contributed by atoms with Crippen LogP contribution in [0.2, 0.25) is 0 Å². The summed E-state index contributed by atoms with van der Waals surface area (Å²) in [5.74, 6) is -0.180. The van der Waals surface area contributed by atoms with Gasteiger partial charge in [-0.25, -0.2) is 12.8 Å². The molecule has 2 saturated heterocycles. The minimum absolute atomic E-state index is 0.00116. The predicted octanol–water partition coefficient (Wildman–Crippen LogP) is 1.92. The fraction of sp³-hybridized carbons (Fsp3) is 0.861. The highest BCUT2D eigenvalue weighted by Crippen LogP contribution is 2.55. The molecule has 2 N–H and O–H groups in total. The monoisotopic (exact) mass is 705 g/mol. The van der Waals surface area contributed by atoms with Crippen molar-refractivity contribution in [3.8, 4) is 0 Å². The molecule has 7 aliphatic rings. The molecule has 0 spiro atoms. The van der Waals surface area contributed by atoms with Crippen molar-refractivity contribution in [1.82, 2.24) is 25.3 Å². The standard InChI is InChI=1S/C36H56FN5O6S/c1-40(21-49(2,46)47)13-6-5-11-38-31-28(37)17-26-32-35(31)48-30-19-25-24(22-9-3-4-10-23(22)33(25)43)18-29(30)42(32)20-27(34(26)44)36(45)39-12-16-41-14-7-8-15-41/h20,22-26,28-32,35,38H,3-19,21H2,1-2H3,(H,39,45). The quantitative estimate of drug-likeness (QED) is 0.230. The summed E-state index contributed by atoms with van der Waals surface area (Å²) in [5.41, 5.74) is 0.124. The Labute approximate surface area is 291 Å². The van der Waals surface area contributed by atoms with Gasteiger partial charge in [0, 0.05) is 43.3 Å². The summed E-state index contributed by atoms with van der Waals surface area (Å²) in [5, 5.41) is 6.43. The number of alkyl halides is 1. The number of likely N-dealkylation sites (tertiary alicyclic amines) is 1. The molecule has 1 amide bonds. The van der Waals surface area contributed by atoms with Gasteiger partial charge in [0.1, 0.15) is 17.8 Å². The number of Topliss-reactive ketones (excluding diaryl/α,β-unsaturated/α-hetero) is 2. The Morgan fingerprint density at radius 1 is 1.00 bits per heavy atom. The van der Waals surface area contributed by atoms with E-state index in [4.69, 9.17) is 4.74 Å². The van der Waals surface area contributed by atoms with Gasteiger partial charge in [-0.1, -0.05) is 12.8 Å². The third-order valence-electron chi connectivity index (χ3n) is 12.9. The van der Waals surface area contributed by atoms with Crippen LogP contribution in [0.25, 0.3) is 0 Å². The maximum Gasteiger partial charge on any atom is 0.256 e. The predicted molar refractivity (Wildman–Crippen MR) is 183 cm³/mol. The summed E-state index contributed by atoms with van der Waals surface area (Å²) in [7, 11) is -1.32. The van der Waals surface area contributed by atoms with Crippen LogP contribution in [0.15, 0.2) is 11.8 Å². The van der Waals surface area contributed by atoms with Crippen LogP contribution in [0.1, 0.15) is 70.6 Å². The lowest BCUT2D eigenvalue weighted by atomic mass is 9.66. The van der Waals surface area contributed by atoms with Crippen LogP contribution in [0.5, 0.6) is 0 Å². The van der Waals surface area contributed by atoms with Gasteiger partial charge in [0.15, 0.2) is 15.6 Å². The second-order valence-electron chi connectivity index (χ2n) is 16.2. The maximum atomic E-state index is 16.2. The number of amides is 1. The topological polar surface area (TPSA) is 128 Å². The smallest absolute Gasteiger partial charge is 0.256 e. The number of hydrogen-bond donors (Lipinski definition) is 2. The van der Waals surface area contributed by atoms with Crippen molar-refractivity contribution in [2.24, 2.45) is 29.6 Å². The van der Waals surface area contributed by atoms with E-state index in [-0.39, 0.29) is 65.5 Å². The highest BCUT2D eigenvalue weighted by molar-refractivity contribution is 7.90. The zero-order valence-corrected chi connectivity index (χ0v) is 30.0. The van der Waals surface area contributed by atoms with Gasteiger partial charge in [-0.15, -0.1) is 0 Å². The highest BCUT2D eigenvalue weighted by Gasteiger charge is 2.62. The largest absolute Gasteiger partial charge is 0.369 e. The Morgan fingerprint density at radius 3 is 2.55 bits per heavy atom. The summed E-state index contributed by atoms with van der Waals surface area (Å²) in [6.45, 7) is 4.41. The molecular weight excluding hydrogens is 649 g/mol. The molecule has 0 aromatic rings. The van der Waals surface area contributed by atoms with Gasteiger partial charge >= 0.3 is 0 Å². The summed E-state index contributed by atoms with van der Waals surface area (Å²) < 4.78 is 46.4. The summed E-state index contributed by atoms with van der Waals surface area (Å²) in [6.07, 6.45) is 10.4. The molecule has 13 heteroatoms. The van der Waals surface area contributed by atoms with E-state index >= 15 is 4.39 Å². The van der Waals surface area contributed by atoms with Crippen molar-refractivity contribution < 1.29 is 31.9 Å². The first kappa shape index (κ1) is 35.5. The van der Waals surface area contributed by atoms with Crippen LogP contribution in [-0.2, 0) is 29.0 Å². The molecule has 49 heavy (non-hydrogen) atoms. The van der Waals surface area contributed by atoms with Gasteiger partial charge < -0.3 is 25.2 Å². The van der Waals surface area contributed by atoms with Crippen molar-refractivity contribution in [1.29, 1.82) is 0 Å². The second kappa shape index (κ2) is 14.6. The fourth-order valence-corrected chi connectivity index (χ4v) is 11.7. The second-order valence-corrected chi connectivity index (χ2v) is 18.3. The molecule has 6 fully saturated rings. The fourth-order valence-electron chi connectivity index (χ4n) is 10.8. The van der Waals surface area contributed by atoms with Crippen molar-refractivity contribution in [3.63, 3.8) is 0 Å². The zero-order chi connectivity index (χ0) is 34.4. The molecule has 3 aliphatic heterocycles. The number of unbranched alkanes of at least 4 members (excludes halogenated alkanes) is 1. The van der Waals surface area contributed by atoms with Crippen molar-refractivity contribution >= 4 is 27.3 Å². The molecule has 0 radical (unpaired) electrons. The zero-order valence-electron chi connectivity index (χ0n) is 29.2. The number of carbonyl (C=O) groups excluding carboxylic acids is 3. The molecule has 0 aromatic heterocycles. The average Bonchev–Trinajstić information content (AvgIpc) is 3.67. The van der Waals surface area contributed by atoms with E-state index in [0.29, 0.717) is 37.8 Å². The van der Waals surface area contributed by atoms with Gasteiger partial charge in [-0.3, -0.25) is 19.3 Å². The van der Waals surface area contributed by atoms with Gasteiger partial charge in [0.2, 0.25) is 0 Å². The molecule has 3 heterocycles. The van der Waals surface area contributed by atoms with Gasteiger partial charge in [-0.05, 0) is 103 Å². The lowest BCUT2D eigenvalue weighted by Gasteiger charge is -2.60. The first-order chi connectivity index (χ1) is 23.5. The number of halogens is 1. The lowest BCUT2D eigenvalue weighted by molar-refractivity contribution is -0.206. The average molecular weight is 706 g/mol. The number of morpholine rings is 1. The Morgan fingerprint density at radius 2 is 1.78 bits per heavy atom. The Balaban J connectivity index is 1.10. The number of nitrogens with one attached hydrogen (secondary N) is 2. The van der Waals surface area contributed by atoms with Crippen molar-refractivity contribution in [3.05, 3.63) is 11.8 Å². The van der Waals surface area contributed by atoms with Crippen LogP contribution in [-0.4, -0.2) is 136 Å². The maximum absolute atomic E-state index is 16.2. The normalized spacial score (nSPS) is 38.9. The SMILES string of the molecule is CN(CCCCNC1C(F)CC2C(=O)C(C(=O)NCCN3CCCC3)=CN3C4CC5C(CC4OC1C23)C(=O)C1CCCCC15)CS(C)(=O)=O. The summed E-state index contributed by atoms with van der Waals surface area (Å²) in [6, 6.07) is -1.08. The minimum atomic E-state index is -3.10. The Bertz CT molecular complexity index is 1410. The number of hydrogen-bond acceptors (Lipinski definition) is 10. The third kappa shape index (κ3) is 7.25. The molecule has 11 nitrogen and oxygen atoms in total. The number of rotatable bonds is 12. The number of sulfone groups is 1. The van der Waals surface area contributed by atoms with Gasteiger partial charge in [-0.2, -0.15) is 0 Å². The number of nitrogens with zero attached hydrogens (tertiary/aromatic N) is 3. The van der Waals surface area contributed by atoms with Crippen LogP contribution in [0, 0.1) is 29.6 Å². The van der Waals surface area contributed by atoms with Crippen LogP contribution in [0.3, 0.4) is 0 Å². The van der Waals surface area contributed by atoms with Crippen LogP contribution < -0.4 is 10.6 Å². The molecule has 4 aliphatic carbocycles. The Kier molecular flexibility index (Phi) is 10.6. The molecule has 4 saturated carbocycles. The molecule has 7 rings (SSSR count). The number of carbonyl (C=O) groups is 3. The van der Waals surface area contributed by atoms with Crippen molar-refractivity contribution in [2.75, 3.05) is 58.4 Å². The molecule has 274 valence electrons. The van der Waals surface area contributed by atoms with E-state index in [1.54, 1.807) is 18.1 Å². The molecule has 0 aromatic carbocycles. The first-order valence-corrected chi connectivity index (χ1v) is 21.0. The summed E-state index contributed by atoms with van der Waals surface area (Å²) in [4.78, 5) is 47.6. The van der Waals surface area contributed by atoms with E-state index in [1.807, 2.05) is 0 Å². The molecule has 11 unspecified atom stereocenters. The molecular formula is C36H56FN5O6S. The van der Waals surface area contributed by atoms with Crippen LogP contribution in [0.4, 0.5) is 4.39 Å². The van der Waals surface area contributed by atoms with Crippen LogP contribution >= 0.6 is 0 Å². The Hall–Kier alpha value is -1.93. The molecule has 11 atom stereocenters. The van der Waals surface area contributed by atoms with Crippen molar-refractivity contribution in [2.45, 2.75) is 107 Å². The third-order valence-corrected chi connectivity index (χ3v) is 13.8. The number of ketones is 2. The van der Waals surface area contributed by atoms with E-state index < -0.39 is 34.1 Å². The van der Waals surface area contributed by atoms with E-state index in [1.165, 1.54) is 19.1 Å². The lowest BCUT2D eigenvalue weighted by Crippen LogP contribution is -2.73. The van der Waals surface area contributed by atoms with Gasteiger partial charge in [0.25, 0.3) is 5.91 Å².